The van der Waals surface area contributed by atoms with Gasteiger partial charge in [-0.3, -0.25) is 4.98 Å². The Morgan fingerprint density at radius 3 is 2.71 bits per heavy atom. The van der Waals surface area contributed by atoms with Gasteiger partial charge in [-0.2, -0.15) is 0 Å². The number of hydrogen-bond acceptors (Lipinski definition) is 4. The van der Waals surface area contributed by atoms with Crippen LogP contribution in [0.15, 0.2) is 12.1 Å². The van der Waals surface area contributed by atoms with Crippen LogP contribution in [0.2, 0.25) is 0 Å². The molecule has 0 amide bonds. The molecule has 1 heterocycles. The number of aromatic hydroxyl groups is 1. The van der Waals surface area contributed by atoms with Crippen molar-refractivity contribution in [2.24, 2.45) is 5.92 Å². The highest BCUT2D eigenvalue weighted by atomic mass is 16.3. The number of aromatic nitrogens is 1. The van der Waals surface area contributed by atoms with Gasteiger partial charge in [0.25, 0.3) is 0 Å². The van der Waals surface area contributed by atoms with Gasteiger partial charge >= 0.3 is 0 Å². The predicted molar refractivity (Wildman–Crippen MR) is 67.8 cm³/mol. The summed E-state index contributed by atoms with van der Waals surface area (Å²) in [6.45, 7) is 7.04. The Hall–Kier alpha value is -1.13. The lowest BCUT2D eigenvalue weighted by Gasteiger charge is -2.14. The Bertz CT molecular complexity index is 353. The number of rotatable bonds is 6. The van der Waals surface area contributed by atoms with Crippen molar-refractivity contribution in [3.63, 3.8) is 0 Å². The van der Waals surface area contributed by atoms with Crippen molar-refractivity contribution < 1.29 is 10.2 Å². The summed E-state index contributed by atoms with van der Waals surface area (Å²) in [5.74, 6) is 0.679. The van der Waals surface area contributed by atoms with Gasteiger partial charge in [-0.15, -0.1) is 0 Å². The van der Waals surface area contributed by atoms with E-state index < -0.39 is 0 Å². The molecule has 0 saturated heterocycles. The van der Waals surface area contributed by atoms with Gasteiger partial charge < -0.3 is 15.5 Å². The van der Waals surface area contributed by atoms with Crippen LogP contribution in [0.4, 0.5) is 0 Å². The van der Waals surface area contributed by atoms with E-state index in [1.807, 2.05) is 6.92 Å². The van der Waals surface area contributed by atoms with Gasteiger partial charge in [-0.25, -0.2) is 0 Å². The molecule has 96 valence electrons. The Labute approximate surface area is 103 Å². The van der Waals surface area contributed by atoms with E-state index in [1.54, 1.807) is 12.1 Å². The van der Waals surface area contributed by atoms with Gasteiger partial charge in [0.2, 0.25) is 0 Å². The van der Waals surface area contributed by atoms with E-state index >= 15 is 0 Å². The molecule has 1 unspecified atom stereocenters. The van der Waals surface area contributed by atoms with Gasteiger partial charge in [0.05, 0.1) is 11.8 Å². The van der Waals surface area contributed by atoms with E-state index in [0.29, 0.717) is 24.7 Å². The Kier molecular flexibility index (Phi) is 5.38. The van der Waals surface area contributed by atoms with Crippen LogP contribution in [0.1, 0.15) is 31.7 Å². The number of aliphatic hydroxyl groups is 1. The molecule has 0 aliphatic carbocycles. The van der Waals surface area contributed by atoms with E-state index in [2.05, 4.69) is 24.1 Å². The minimum atomic E-state index is -0.345. The molecule has 0 aliphatic rings. The molecule has 17 heavy (non-hydrogen) atoms. The largest absolute Gasteiger partial charge is 0.506 e. The molecular weight excluding hydrogens is 216 g/mol. The first-order valence-electron chi connectivity index (χ1n) is 6.03. The maximum Gasteiger partial charge on any atom is 0.138 e. The van der Waals surface area contributed by atoms with Crippen LogP contribution in [-0.2, 0) is 6.54 Å². The number of nitrogens with one attached hydrogen (secondary N) is 1. The molecule has 0 radical (unpaired) electrons. The fourth-order valence-electron chi connectivity index (χ4n) is 1.72. The number of pyridine rings is 1. The van der Waals surface area contributed by atoms with Crippen molar-refractivity contribution in [2.75, 3.05) is 6.54 Å². The minimum absolute atomic E-state index is 0.196. The Balaban J connectivity index is 2.38. The van der Waals surface area contributed by atoms with E-state index in [9.17, 15) is 10.2 Å². The van der Waals surface area contributed by atoms with Crippen LogP contribution in [0.5, 0.6) is 5.75 Å². The molecule has 4 heteroatoms. The molecule has 3 N–H and O–H groups in total. The number of nitrogens with zero attached hydrogens (tertiary/aromatic N) is 1. The molecule has 1 aromatic heterocycles. The first kappa shape index (κ1) is 13.9. The highest BCUT2D eigenvalue weighted by Crippen LogP contribution is 2.14. The maximum atomic E-state index is 9.68. The van der Waals surface area contributed by atoms with Gasteiger partial charge in [0, 0.05) is 18.8 Å². The summed E-state index contributed by atoms with van der Waals surface area (Å²) in [4.78, 5) is 4.24. The summed E-state index contributed by atoms with van der Waals surface area (Å²) >= 11 is 0. The molecule has 0 aliphatic heterocycles. The molecular formula is C13H22N2O2. The van der Waals surface area contributed by atoms with E-state index in [4.69, 9.17) is 0 Å². The quantitative estimate of drug-likeness (QED) is 0.704. The van der Waals surface area contributed by atoms with Crippen LogP contribution in [0.3, 0.4) is 0 Å². The third kappa shape index (κ3) is 5.15. The van der Waals surface area contributed by atoms with Crippen LogP contribution in [0.25, 0.3) is 0 Å². The van der Waals surface area contributed by atoms with Crippen molar-refractivity contribution in [1.82, 2.24) is 10.3 Å². The lowest BCUT2D eigenvalue weighted by atomic mass is 10.1. The molecule has 4 nitrogen and oxygen atoms in total. The van der Waals surface area contributed by atoms with Gasteiger partial charge in [-0.1, -0.05) is 13.8 Å². The second-order valence-corrected chi connectivity index (χ2v) is 4.83. The summed E-state index contributed by atoms with van der Waals surface area (Å²) in [5.41, 5.74) is 1.50. The molecule has 0 spiro atoms. The number of hydrogen-bond donors (Lipinski definition) is 3. The lowest BCUT2D eigenvalue weighted by molar-refractivity contribution is 0.146. The lowest BCUT2D eigenvalue weighted by Crippen LogP contribution is -2.27. The summed E-state index contributed by atoms with van der Waals surface area (Å²) < 4.78 is 0. The van der Waals surface area contributed by atoms with Crippen LogP contribution in [-0.4, -0.2) is 27.8 Å². The van der Waals surface area contributed by atoms with E-state index in [0.717, 1.165) is 12.1 Å². The van der Waals surface area contributed by atoms with Gasteiger partial charge in [0.1, 0.15) is 5.75 Å². The van der Waals surface area contributed by atoms with Crippen LogP contribution < -0.4 is 5.32 Å². The third-order valence-corrected chi connectivity index (χ3v) is 2.51. The molecule has 1 aromatic rings. The second kappa shape index (κ2) is 6.57. The highest BCUT2D eigenvalue weighted by molar-refractivity contribution is 5.27. The van der Waals surface area contributed by atoms with E-state index in [-0.39, 0.29) is 11.9 Å². The number of aryl methyl sites for hydroxylation is 1. The molecule has 1 rings (SSSR count). The second-order valence-electron chi connectivity index (χ2n) is 4.83. The molecule has 1 atom stereocenters. The van der Waals surface area contributed by atoms with Crippen molar-refractivity contribution in [2.45, 2.75) is 39.8 Å². The summed E-state index contributed by atoms with van der Waals surface area (Å²) in [7, 11) is 0. The van der Waals surface area contributed by atoms with Crippen molar-refractivity contribution in [3.05, 3.63) is 23.5 Å². The fraction of sp³-hybridized carbons (Fsp3) is 0.615. The normalized spacial score (nSPS) is 13.0. The van der Waals surface area contributed by atoms with E-state index in [1.165, 1.54) is 0 Å². The molecule has 0 fully saturated rings. The molecule has 0 saturated carbocycles. The number of aliphatic hydroxyl groups excluding tert-OH is 1. The standard InChI is InChI=1S/C13H22N2O2/c1-9(2)6-11(16)7-14-8-12-13(17)5-4-10(3)15-12/h4-5,9,11,14,16-17H,6-8H2,1-3H3. The minimum Gasteiger partial charge on any atom is -0.506 e. The summed E-state index contributed by atoms with van der Waals surface area (Å²) in [6.07, 6.45) is 0.433. The van der Waals surface area contributed by atoms with Crippen LogP contribution >= 0.6 is 0 Å². The van der Waals surface area contributed by atoms with Crippen molar-refractivity contribution >= 4 is 0 Å². The topological polar surface area (TPSA) is 65.4 Å². The van der Waals surface area contributed by atoms with Crippen LogP contribution in [0, 0.1) is 12.8 Å². The van der Waals surface area contributed by atoms with Gasteiger partial charge in [0.15, 0.2) is 0 Å². The average Bonchev–Trinajstić information content (AvgIpc) is 2.22. The first-order chi connectivity index (χ1) is 7.99. The highest BCUT2D eigenvalue weighted by Gasteiger charge is 2.08. The van der Waals surface area contributed by atoms with Crippen molar-refractivity contribution in [1.29, 1.82) is 0 Å². The predicted octanol–water partition coefficient (Wildman–Crippen LogP) is 1.59. The first-order valence-corrected chi connectivity index (χ1v) is 6.03. The summed E-state index contributed by atoms with van der Waals surface area (Å²) in [5, 5.41) is 22.4. The maximum absolute atomic E-state index is 9.68. The van der Waals surface area contributed by atoms with Gasteiger partial charge in [-0.05, 0) is 31.4 Å². The smallest absolute Gasteiger partial charge is 0.138 e. The molecule has 0 bridgehead atoms. The summed E-state index contributed by atoms with van der Waals surface area (Å²) in [6, 6.07) is 3.41. The zero-order valence-corrected chi connectivity index (χ0v) is 10.8. The Morgan fingerprint density at radius 2 is 2.06 bits per heavy atom. The fourth-order valence-corrected chi connectivity index (χ4v) is 1.72. The monoisotopic (exact) mass is 238 g/mol. The Morgan fingerprint density at radius 1 is 1.35 bits per heavy atom. The average molecular weight is 238 g/mol. The third-order valence-electron chi connectivity index (χ3n) is 2.51. The SMILES string of the molecule is Cc1ccc(O)c(CNCC(O)CC(C)C)n1. The molecule has 0 aromatic carbocycles. The zero-order chi connectivity index (χ0) is 12.8. The van der Waals surface area contributed by atoms with Crippen molar-refractivity contribution in [3.8, 4) is 5.75 Å². The zero-order valence-electron chi connectivity index (χ0n) is 10.8.